The van der Waals surface area contributed by atoms with E-state index in [1.807, 2.05) is 0 Å². The molecule has 0 aliphatic carbocycles. The van der Waals surface area contributed by atoms with Crippen molar-refractivity contribution in [2.24, 2.45) is 0 Å². The average Bonchev–Trinajstić information content (AvgIpc) is 2.15. The van der Waals surface area contributed by atoms with E-state index in [0.29, 0.717) is 12.1 Å². The summed E-state index contributed by atoms with van der Waals surface area (Å²) in [5, 5.41) is 2.46. The van der Waals surface area contributed by atoms with Crippen LogP contribution in [-0.2, 0) is 0 Å². The summed E-state index contributed by atoms with van der Waals surface area (Å²) in [5.41, 5.74) is 3.58. The van der Waals surface area contributed by atoms with Crippen LogP contribution in [0.15, 0.2) is 0 Å². The number of nitrogens with zero attached hydrogens (tertiary/aromatic N) is 2. The Balaban J connectivity index is 2.17. The summed E-state index contributed by atoms with van der Waals surface area (Å²) >= 11 is 0. The zero-order chi connectivity index (χ0) is 11.3. The van der Waals surface area contributed by atoms with Crippen molar-refractivity contribution in [2.45, 2.75) is 51.6 Å². The Morgan fingerprint density at radius 2 is 1.80 bits per heavy atom. The second-order valence-electron chi connectivity index (χ2n) is 5.10. The van der Waals surface area contributed by atoms with Crippen molar-refractivity contribution >= 4 is 0 Å². The van der Waals surface area contributed by atoms with Crippen LogP contribution in [0, 0.1) is 0 Å². The fourth-order valence-corrected chi connectivity index (χ4v) is 2.34. The summed E-state index contributed by atoms with van der Waals surface area (Å²) in [7, 11) is 4.26. The van der Waals surface area contributed by atoms with Gasteiger partial charge in [0.25, 0.3) is 0 Å². The lowest BCUT2D eigenvalue weighted by atomic mass is 10.00. The van der Waals surface area contributed by atoms with Crippen LogP contribution in [0.4, 0.5) is 0 Å². The fraction of sp³-hybridized carbons (Fsp3) is 1.00. The van der Waals surface area contributed by atoms with Crippen LogP contribution >= 0.6 is 0 Å². The maximum absolute atomic E-state index is 3.58. The minimum atomic E-state index is 0.702. The first-order chi connectivity index (χ1) is 7.11. The molecule has 1 saturated heterocycles. The SMILES string of the molecule is CC1CCCC(C)N1NCCCN(C)C. The van der Waals surface area contributed by atoms with Gasteiger partial charge in [0.1, 0.15) is 0 Å². The molecule has 0 amide bonds. The molecule has 0 radical (unpaired) electrons. The molecule has 1 fully saturated rings. The smallest absolute Gasteiger partial charge is 0.0218 e. The maximum atomic E-state index is 3.58. The molecule has 0 spiro atoms. The van der Waals surface area contributed by atoms with Crippen molar-refractivity contribution in [3.63, 3.8) is 0 Å². The van der Waals surface area contributed by atoms with Crippen molar-refractivity contribution in [1.82, 2.24) is 15.3 Å². The highest BCUT2D eigenvalue weighted by molar-refractivity contribution is 4.76. The van der Waals surface area contributed by atoms with E-state index in [4.69, 9.17) is 0 Å². The first-order valence-electron chi connectivity index (χ1n) is 6.28. The highest BCUT2D eigenvalue weighted by atomic mass is 15.5. The molecule has 0 saturated carbocycles. The van der Waals surface area contributed by atoms with Gasteiger partial charge < -0.3 is 4.90 Å². The standard InChI is InChI=1S/C12H27N3/c1-11-7-5-8-12(2)15(11)13-9-6-10-14(3)4/h11-13H,5-10H2,1-4H3. The molecule has 15 heavy (non-hydrogen) atoms. The van der Waals surface area contributed by atoms with Gasteiger partial charge in [-0.2, -0.15) is 0 Å². The predicted octanol–water partition coefficient (Wildman–Crippen LogP) is 1.71. The molecule has 0 bridgehead atoms. The van der Waals surface area contributed by atoms with E-state index < -0.39 is 0 Å². The lowest BCUT2D eigenvalue weighted by Gasteiger charge is -2.39. The molecule has 1 aliphatic rings. The van der Waals surface area contributed by atoms with Gasteiger partial charge in [0.15, 0.2) is 0 Å². The zero-order valence-electron chi connectivity index (χ0n) is 10.8. The number of hydrogen-bond donors (Lipinski definition) is 1. The predicted molar refractivity (Wildman–Crippen MR) is 65.8 cm³/mol. The largest absolute Gasteiger partial charge is 0.309 e. The third-order valence-corrected chi connectivity index (χ3v) is 3.27. The van der Waals surface area contributed by atoms with Gasteiger partial charge in [-0.15, -0.1) is 0 Å². The molecule has 3 nitrogen and oxygen atoms in total. The number of nitrogens with one attached hydrogen (secondary N) is 1. The van der Waals surface area contributed by atoms with Crippen molar-refractivity contribution in [3.05, 3.63) is 0 Å². The maximum Gasteiger partial charge on any atom is 0.0218 e. The fourth-order valence-electron chi connectivity index (χ4n) is 2.34. The number of rotatable bonds is 5. The Hall–Kier alpha value is -0.120. The zero-order valence-corrected chi connectivity index (χ0v) is 10.8. The van der Waals surface area contributed by atoms with Crippen LogP contribution in [0.3, 0.4) is 0 Å². The molecule has 2 atom stereocenters. The van der Waals surface area contributed by atoms with Crippen LogP contribution in [0.5, 0.6) is 0 Å². The molecule has 1 N–H and O–H groups in total. The molecule has 1 rings (SSSR count). The van der Waals surface area contributed by atoms with E-state index in [1.165, 1.54) is 32.2 Å². The highest BCUT2D eigenvalue weighted by Gasteiger charge is 2.23. The molecule has 2 unspecified atom stereocenters. The van der Waals surface area contributed by atoms with Crippen LogP contribution in [0.25, 0.3) is 0 Å². The van der Waals surface area contributed by atoms with Gasteiger partial charge in [0, 0.05) is 18.6 Å². The quantitative estimate of drug-likeness (QED) is 0.701. The average molecular weight is 213 g/mol. The molecule has 3 heteroatoms. The third-order valence-electron chi connectivity index (χ3n) is 3.27. The lowest BCUT2D eigenvalue weighted by Crippen LogP contribution is -2.52. The van der Waals surface area contributed by atoms with Gasteiger partial charge in [-0.1, -0.05) is 6.42 Å². The molecular weight excluding hydrogens is 186 g/mol. The Labute approximate surface area is 94.8 Å². The number of hydrogen-bond acceptors (Lipinski definition) is 3. The first-order valence-corrected chi connectivity index (χ1v) is 6.28. The van der Waals surface area contributed by atoms with Gasteiger partial charge in [-0.3, -0.25) is 5.43 Å². The number of hydrazine groups is 1. The molecule has 1 heterocycles. The van der Waals surface area contributed by atoms with Crippen molar-refractivity contribution < 1.29 is 0 Å². The van der Waals surface area contributed by atoms with Crippen molar-refractivity contribution in [3.8, 4) is 0 Å². The summed E-state index contributed by atoms with van der Waals surface area (Å²) in [4.78, 5) is 2.24. The van der Waals surface area contributed by atoms with Crippen LogP contribution < -0.4 is 5.43 Å². The normalized spacial score (nSPS) is 28.6. The summed E-state index contributed by atoms with van der Waals surface area (Å²) in [5.74, 6) is 0. The molecule has 0 aromatic rings. The van der Waals surface area contributed by atoms with Crippen LogP contribution in [0.2, 0.25) is 0 Å². The topological polar surface area (TPSA) is 18.5 Å². The number of piperidine rings is 1. The van der Waals surface area contributed by atoms with Gasteiger partial charge >= 0.3 is 0 Å². The summed E-state index contributed by atoms with van der Waals surface area (Å²) < 4.78 is 0. The molecule has 0 aromatic carbocycles. The van der Waals surface area contributed by atoms with Gasteiger partial charge in [0.2, 0.25) is 0 Å². The summed E-state index contributed by atoms with van der Waals surface area (Å²) in [6.45, 7) is 6.93. The Morgan fingerprint density at radius 1 is 1.20 bits per heavy atom. The summed E-state index contributed by atoms with van der Waals surface area (Å²) in [6, 6.07) is 1.40. The Kier molecular flexibility index (Phi) is 5.58. The van der Waals surface area contributed by atoms with Gasteiger partial charge in [-0.25, -0.2) is 5.01 Å². The van der Waals surface area contributed by atoms with Crippen molar-refractivity contribution in [1.29, 1.82) is 0 Å². The minimum Gasteiger partial charge on any atom is -0.309 e. The molecular formula is C12H27N3. The van der Waals surface area contributed by atoms with Crippen LogP contribution in [-0.4, -0.2) is 49.2 Å². The lowest BCUT2D eigenvalue weighted by molar-refractivity contribution is 0.0455. The van der Waals surface area contributed by atoms with Gasteiger partial charge in [-0.05, 0) is 53.8 Å². The monoisotopic (exact) mass is 213 g/mol. The van der Waals surface area contributed by atoms with Crippen LogP contribution in [0.1, 0.15) is 39.5 Å². The highest BCUT2D eigenvalue weighted by Crippen LogP contribution is 2.19. The Morgan fingerprint density at radius 3 is 2.33 bits per heavy atom. The molecule has 1 aliphatic heterocycles. The van der Waals surface area contributed by atoms with E-state index in [-0.39, 0.29) is 0 Å². The second-order valence-corrected chi connectivity index (χ2v) is 5.10. The van der Waals surface area contributed by atoms with Gasteiger partial charge in [0.05, 0.1) is 0 Å². The van der Waals surface area contributed by atoms with E-state index in [2.05, 4.69) is 43.3 Å². The van der Waals surface area contributed by atoms with E-state index in [1.54, 1.807) is 0 Å². The molecule has 0 aromatic heterocycles. The first kappa shape index (κ1) is 12.9. The van der Waals surface area contributed by atoms with E-state index in [0.717, 1.165) is 6.54 Å². The molecule has 90 valence electrons. The van der Waals surface area contributed by atoms with E-state index >= 15 is 0 Å². The second kappa shape index (κ2) is 6.46. The third kappa shape index (κ3) is 4.49. The summed E-state index contributed by atoms with van der Waals surface area (Å²) in [6.07, 6.45) is 5.29. The van der Waals surface area contributed by atoms with E-state index in [9.17, 15) is 0 Å². The minimum absolute atomic E-state index is 0.702. The Bertz CT molecular complexity index is 160. The van der Waals surface area contributed by atoms with Crippen molar-refractivity contribution in [2.75, 3.05) is 27.2 Å².